The third-order valence-electron chi connectivity index (χ3n) is 5.05. The molecule has 0 saturated carbocycles. The zero-order valence-electron chi connectivity index (χ0n) is 14.9. The van der Waals surface area contributed by atoms with Crippen molar-refractivity contribution < 1.29 is 14.4 Å². The maximum Gasteiger partial charge on any atom is 0.252 e. The van der Waals surface area contributed by atoms with Crippen LogP contribution in [0.4, 0.5) is 11.4 Å². The van der Waals surface area contributed by atoms with Crippen LogP contribution in [-0.2, 0) is 27.2 Å². The summed E-state index contributed by atoms with van der Waals surface area (Å²) in [5.41, 5.74) is 3.75. The smallest absolute Gasteiger partial charge is 0.252 e. The molecule has 2 aliphatic rings. The van der Waals surface area contributed by atoms with Crippen molar-refractivity contribution in [3.63, 3.8) is 0 Å². The lowest BCUT2D eigenvalue weighted by molar-refractivity contribution is -0.138. The van der Waals surface area contributed by atoms with Gasteiger partial charge in [-0.1, -0.05) is 30.3 Å². The zero-order valence-corrected chi connectivity index (χ0v) is 14.9. The van der Waals surface area contributed by atoms with Crippen molar-refractivity contribution >= 4 is 29.1 Å². The first-order valence-electron chi connectivity index (χ1n) is 9.17. The number of carbonyl (C=O) groups is 3. The first-order chi connectivity index (χ1) is 13.1. The minimum absolute atomic E-state index is 0.0221. The van der Waals surface area contributed by atoms with Gasteiger partial charge in [0.2, 0.25) is 11.8 Å². The largest absolute Gasteiger partial charge is 0.373 e. The van der Waals surface area contributed by atoms with E-state index < -0.39 is 6.04 Å². The predicted octanol–water partition coefficient (Wildman–Crippen LogP) is 2.35. The van der Waals surface area contributed by atoms with Gasteiger partial charge in [-0.15, -0.1) is 0 Å². The third kappa shape index (κ3) is 3.69. The number of carbonyl (C=O) groups excluding carboxylic acids is 3. The number of fused-ring (bicyclic) bond motifs is 1. The van der Waals surface area contributed by atoms with Crippen LogP contribution in [0.2, 0.25) is 0 Å². The van der Waals surface area contributed by atoms with E-state index in [0.717, 1.165) is 22.5 Å². The van der Waals surface area contributed by atoms with Gasteiger partial charge in [0.1, 0.15) is 6.04 Å². The number of benzene rings is 2. The summed E-state index contributed by atoms with van der Waals surface area (Å²) in [6.45, 7) is 0.399. The van der Waals surface area contributed by atoms with E-state index in [9.17, 15) is 14.4 Å². The first-order valence-corrected chi connectivity index (χ1v) is 9.17. The number of rotatable bonds is 5. The molecule has 1 atom stereocenters. The average Bonchev–Trinajstić information content (AvgIpc) is 2.94. The van der Waals surface area contributed by atoms with Crippen molar-refractivity contribution in [2.75, 3.05) is 17.2 Å². The molecule has 2 N–H and O–H groups in total. The molecule has 0 bridgehead atoms. The van der Waals surface area contributed by atoms with Gasteiger partial charge in [-0.3, -0.25) is 19.3 Å². The van der Waals surface area contributed by atoms with Crippen LogP contribution < -0.4 is 10.6 Å². The summed E-state index contributed by atoms with van der Waals surface area (Å²) in [6, 6.07) is 14.9. The van der Waals surface area contributed by atoms with Crippen LogP contribution in [0.25, 0.3) is 0 Å². The van der Waals surface area contributed by atoms with Gasteiger partial charge in [-0.05, 0) is 42.2 Å². The Labute approximate surface area is 157 Å². The Morgan fingerprint density at radius 2 is 1.85 bits per heavy atom. The Morgan fingerprint density at radius 3 is 2.67 bits per heavy atom. The summed E-state index contributed by atoms with van der Waals surface area (Å²) < 4.78 is 0. The van der Waals surface area contributed by atoms with Crippen molar-refractivity contribution in [3.8, 4) is 0 Å². The van der Waals surface area contributed by atoms with Crippen LogP contribution in [0.3, 0.4) is 0 Å². The number of aryl methyl sites for hydroxylation is 1. The summed E-state index contributed by atoms with van der Waals surface area (Å²) in [6.07, 6.45) is 1.97. The second kappa shape index (κ2) is 7.23. The van der Waals surface area contributed by atoms with Crippen LogP contribution in [0.5, 0.6) is 0 Å². The van der Waals surface area contributed by atoms with Crippen LogP contribution >= 0.6 is 0 Å². The summed E-state index contributed by atoms with van der Waals surface area (Å²) in [5, 5.41) is 6.03. The minimum Gasteiger partial charge on any atom is -0.373 e. The highest BCUT2D eigenvalue weighted by Crippen LogP contribution is 2.27. The molecular formula is C21H21N3O3. The molecule has 4 rings (SSSR count). The van der Waals surface area contributed by atoms with Crippen molar-refractivity contribution in [1.82, 2.24) is 4.90 Å². The van der Waals surface area contributed by atoms with Gasteiger partial charge >= 0.3 is 0 Å². The number of likely N-dealkylation sites (tertiary alicyclic amines) is 1. The molecule has 138 valence electrons. The fourth-order valence-electron chi connectivity index (χ4n) is 3.59. The summed E-state index contributed by atoms with van der Waals surface area (Å²) >= 11 is 0. The Kier molecular flexibility index (Phi) is 4.62. The predicted molar refractivity (Wildman–Crippen MR) is 102 cm³/mol. The molecule has 2 aromatic carbocycles. The number of imide groups is 1. The summed E-state index contributed by atoms with van der Waals surface area (Å²) in [5.74, 6) is -0.297. The zero-order chi connectivity index (χ0) is 18.8. The third-order valence-corrected chi connectivity index (χ3v) is 5.05. The van der Waals surface area contributed by atoms with Gasteiger partial charge in [0, 0.05) is 24.3 Å². The van der Waals surface area contributed by atoms with Crippen LogP contribution in [0.1, 0.15) is 24.0 Å². The molecule has 1 saturated heterocycles. The maximum atomic E-state index is 12.7. The molecule has 6 nitrogen and oxygen atoms in total. The second-order valence-corrected chi connectivity index (χ2v) is 6.94. The highest BCUT2D eigenvalue weighted by Gasteiger charge is 2.38. The number of amides is 3. The van der Waals surface area contributed by atoms with E-state index in [2.05, 4.69) is 10.6 Å². The first kappa shape index (κ1) is 17.3. The number of nitrogens with zero attached hydrogens (tertiary/aromatic N) is 1. The van der Waals surface area contributed by atoms with E-state index in [4.69, 9.17) is 0 Å². The van der Waals surface area contributed by atoms with Gasteiger partial charge in [0.15, 0.2) is 0 Å². The van der Waals surface area contributed by atoms with Gasteiger partial charge in [0.05, 0.1) is 6.42 Å². The fourth-order valence-corrected chi connectivity index (χ4v) is 3.59. The van der Waals surface area contributed by atoms with Crippen molar-refractivity contribution in [2.24, 2.45) is 0 Å². The van der Waals surface area contributed by atoms with E-state index in [1.807, 2.05) is 48.5 Å². The quantitative estimate of drug-likeness (QED) is 0.800. The highest BCUT2D eigenvalue weighted by atomic mass is 16.2. The minimum atomic E-state index is -0.537. The number of hydrogen-bond donors (Lipinski definition) is 2. The van der Waals surface area contributed by atoms with E-state index >= 15 is 0 Å². The molecule has 0 unspecified atom stereocenters. The molecule has 3 amide bonds. The Hall–Kier alpha value is -3.15. The molecule has 6 heteroatoms. The molecule has 0 aromatic heterocycles. The Bertz CT molecular complexity index is 895. The van der Waals surface area contributed by atoms with Crippen LogP contribution in [-0.4, -0.2) is 35.2 Å². The topological polar surface area (TPSA) is 78.5 Å². The van der Waals surface area contributed by atoms with E-state index in [1.54, 1.807) is 0 Å². The lowest BCUT2D eigenvalue weighted by Crippen LogP contribution is -2.36. The summed E-state index contributed by atoms with van der Waals surface area (Å²) in [4.78, 5) is 37.8. The number of nitrogens with one attached hydrogen (secondary N) is 2. The monoisotopic (exact) mass is 363 g/mol. The molecule has 2 heterocycles. The summed E-state index contributed by atoms with van der Waals surface area (Å²) in [7, 11) is 0. The molecule has 27 heavy (non-hydrogen) atoms. The average molecular weight is 363 g/mol. The lowest BCUT2D eigenvalue weighted by Gasteiger charge is -2.19. The highest BCUT2D eigenvalue weighted by molar-refractivity contribution is 6.06. The Morgan fingerprint density at radius 1 is 1.04 bits per heavy atom. The molecule has 0 spiro atoms. The Balaban J connectivity index is 1.41. The molecule has 2 aliphatic heterocycles. The number of hydrogen-bond acceptors (Lipinski definition) is 4. The van der Waals surface area contributed by atoms with Crippen molar-refractivity contribution in [3.05, 3.63) is 59.7 Å². The van der Waals surface area contributed by atoms with E-state index in [1.165, 1.54) is 4.90 Å². The molecular weight excluding hydrogens is 342 g/mol. The molecule has 2 aromatic rings. The van der Waals surface area contributed by atoms with Crippen LogP contribution in [0.15, 0.2) is 48.5 Å². The van der Waals surface area contributed by atoms with Crippen molar-refractivity contribution in [2.45, 2.75) is 31.7 Å². The van der Waals surface area contributed by atoms with Crippen LogP contribution in [0, 0.1) is 0 Å². The molecule has 0 radical (unpaired) electrons. The van der Waals surface area contributed by atoms with E-state index in [-0.39, 0.29) is 24.1 Å². The van der Waals surface area contributed by atoms with Gasteiger partial charge < -0.3 is 10.6 Å². The van der Waals surface area contributed by atoms with E-state index in [0.29, 0.717) is 25.8 Å². The van der Waals surface area contributed by atoms with Gasteiger partial charge in [-0.2, -0.15) is 0 Å². The standard InChI is InChI=1S/C21H21N3O3/c25-19-9-6-15-12-16(7-8-17(15)23-19)22-18-13-20(26)24(21(18)27)11-10-14-4-2-1-3-5-14/h1-5,7-8,12,18,22H,6,9-11,13H2,(H,23,25)/t18-/m0/s1. The fraction of sp³-hybridized carbons (Fsp3) is 0.286. The SMILES string of the molecule is O=C1CCc2cc(N[C@H]3CC(=O)N(CCc4ccccc4)C3=O)ccc2N1. The van der Waals surface area contributed by atoms with Gasteiger partial charge in [0.25, 0.3) is 5.91 Å². The lowest BCUT2D eigenvalue weighted by atomic mass is 10.0. The van der Waals surface area contributed by atoms with Gasteiger partial charge in [-0.25, -0.2) is 0 Å². The van der Waals surface area contributed by atoms with Crippen molar-refractivity contribution in [1.29, 1.82) is 0 Å². The normalized spacial score (nSPS) is 19.0. The maximum absolute atomic E-state index is 12.7. The molecule has 1 fully saturated rings. The molecule has 0 aliphatic carbocycles. The second-order valence-electron chi connectivity index (χ2n) is 6.94. The number of anilines is 2.